The molecule has 21 heteroatoms. The molecular formula is C31H27ClN8Na2O8S2. The largest absolute Gasteiger partial charge is 1.00 e. The Morgan fingerprint density at radius 1 is 0.885 bits per heavy atom. The first-order valence-corrected chi connectivity index (χ1v) is 17.9. The quantitative estimate of drug-likeness (QED) is 0.0879. The molecule has 0 atom stereocenters. The normalized spacial score (nSPS) is 11.5. The number of rotatable bonds is 11. The minimum atomic E-state index is -4.98. The van der Waals surface area contributed by atoms with Crippen molar-refractivity contribution in [1.82, 2.24) is 19.9 Å². The summed E-state index contributed by atoms with van der Waals surface area (Å²) in [7, 11) is -9.70. The predicted octanol–water partition coefficient (Wildman–Crippen LogP) is -0.396. The molecule has 1 heterocycles. The molecular weight excluding hydrogens is 758 g/mol. The van der Waals surface area contributed by atoms with Gasteiger partial charge in [-0.1, -0.05) is 11.8 Å². The Kier molecular flexibility index (Phi) is 14.7. The molecule has 16 nitrogen and oxygen atoms in total. The smallest absolute Gasteiger partial charge is 0.871 e. The molecule has 1 aromatic heterocycles. The minimum Gasteiger partial charge on any atom is -0.871 e. The van der Waals surface area contributed by atoms with Crippen molar-refractivity contribution in [3.05, 3.63) is 83.1 Å². The van der Waals surface area contributed by atoms with E-state index in [0.29, 0.717) is 30.0 Å². The number of halogens is 1. The molecule has 0 aliphatic carbocycles. The fraction of sp³-hybridized carbons (Fsp3) is 0.161. The van der Waals surface area contributed by atoms with E-state index in [1.807, 2.05) is 20.8 Å². The molecule has 0 fully saturated rings. The zero-order valence-corrected chi connectivity index (χ0v) is 34.8. The third-order valence-corrected chi connectivity index (χ3v) is 9.22. The van der Waals surface area contributed by atoms with Gasteiger partial charge in [-0.3, -0.25) is 9.35 Å². The third kappa shape index (κ3) is 10.2. The van der Waals surface area contributed by atoms with Crippen LogP contribution < -0.4 is 74.9 Å². The number of aromatic nitrogens is 3. The molecule has 5 rings (SSSR count). The van der Waals surface area contributed by atoms with E-state index in [2.05, 4.69) is 35.8 Å². The van der Waals surface area contributed by atoms with Crippen LogP contribution in [0, 0.1) is 6.92 Å². The maximum absolute atomic E-state index is 13.3. The van der Waals surface area contributed by atoms with Gasteiger partial charge >= 0.3 is 59.1 Å². The Morgan fingerprint density at radius 2 is 1.52 bits per heavy atom. The molecule has 0 saturated heterocycles. The van der Waals surface area contributed by atoms with Crippen LogP contribution in [0.4, 0.5) is 34.6 Å². The summed E-state index contributed by atoms with van der Waals surface area (Å²) in [5, 5.41) is 26.8. The van der Waals surface area contributed by atoms with Crippen LogP contribution in [0.5, 0.6) is 5.75 Å². The summed E-state index contributed by atoms with van der Waals surface area (Å²) < 4.78 is 68.0. The average Bonchev–Trinajstić information content (AvgIpc) is 3.04. The topological polar surface area (TPSA) is 242 Å². The van der Waals surface area contributed by atoms with E-state index >= 15 is 0 Å². The van der Waals surface area contributed by atoms with Crippen LogP contribution in [0.2, 0.25) is 5.28 Å². The fourth-order valence-corrected chi connectivity index (χ4v) is 6.12. The monoisotopic (exact) mass is 784 g/mol. The van der Waals surface area contributed by atoms with Crippen molar-refractivity contribution in [3.63, 3.8) is 0 Å². The summed E-state index contributed by atoms with van der Waals surface area (Å²) in [5.74, 6) is -0.892. The van der Waals surface area contributed by atoms with Crippen molar-refractivity contribution in [3.8, 4) is 5.75 Å². The summed E-state index contributed by atoms with van der Waals surface area (Å²) in [6.07, 6.45) is 0. The standard InChI is InChI=1S/C31H29ClN8O8S2.2Na/c1-4-40(5-2)28(42)18-6-13-24(17(3)14-18)34-31-36-29(32)35-30(37-31)33-21-9-12-23-19(15-21)16-25(50(46,47)48)26(27(23)41)39-38-20-7-10-22(11-8-20)49(43,44)45;;/h6-16,41H,4-5H2,1-3H3,(H,43,44,45)(H,46,47,48)(H2,33,34,35,36,37);;/q;2*+1/p-2. The number of carbonyl (C=O) groups excluding carboxylic acids is 1. The van der Waals surface area contributed by atoms with Crippen LogP contribution in [0.15, 0.2) is 86.7 Å². The summed E-state index contributed by atoms with van der Waals surface area (Å²) in [6, 6.07) is 14.7. The summed E-state index contributed by atoms with van der Waals surface area (Å²) >= 11 is 6.17. The van der Waals surface area contributed by atoms with E-state index in [1.54, 1.807) is 23.1 Å². The molecule has 1 amide bonds. The number of nitrogens with one attached hydrogen (secondary N) is 2. The van der Waals surface area contributed by atoms with Crippen molar-refractivity contribution in [2.24, 2.45) is 10.2 Å². The Labute approximate surface area is 348 Å². The zero-order valence-electron chi connectivity index (χ0n) is 28.4. The minimum absolute atomic E-state index is 0. The molecule has 260 valence electrons. The molecule has 0 radical (unpaired) electrons. The van der Waals surface area contributed by atoms with Crippen molar-refractivity contribution < 1.29 is 95.0 Å². The average molecular weight is 785 g/mol. The molecule has 0 unspecified atom stereocenters. The van der Waals surface area contributed by atoms with E-state index < -0.39 is 41.5 Å². The van der Waals surface area contributed by atoms with Crippen LogP contribution in [0.1, 0.15) is 29.8 Å². The molecule has 4 aromatic carbocycles. The summed E-state index contributed by atoms with van der Waals surface area (Å²) in [6.45, 7) is 6.79. The number of fused-ring (bicyclic) bond motifs is 1. The van der Waals surface area contributed by atoms with E-state index in [4.69, 9.17) is 11.6 Å². The maximum atomic E-state index is 13.3. The number of anilines is 4. The van der Waals surface area contributed by atoms with Crippen LogP contribution in [0.3, 0.4) is 0 Å². The number of benzene rings is 4. The number of hydrogen-bond acceptors (Lipinski definition) is 14. The van der Waals surface area contributed by atoms with Gasteiger partial charge < -0.3 is 25.2 Å². The van der Waals surface area contributed by atoms with Gasteiger partial charge in [0.25, 0.3) is 16.0 Å². The second kappa shape index (κ2) is 17.7. The SMILES string of the molecule is CCN(CC)C(=O)c1ccc(Nc2nc(Cl)nc(Nc3ccc4c([O-])c(N=Nc5ccc(S(=O)(=O)[O-])cc5)c(S(=O)(=O)O)cc4c3)n2)c(C)c1.[Na+].[Na+]. The Bertz CT molecular complexity index is 2380. The second-order valence-corrected chi connectivity index (χ2v) is 13.7. The van der Waals surface area contributed by atoms with Crippen molar-refractivity contribution in [2.45, 2.75) is 30.6 Å². The number of hydrogen-bond donors (Lipinski definition) is 3. The number of azo groups is 1. The van der Waals surface area contributed by atoms with Gasteiger partial charge in [0.05, 0.1) is 16.3 Å². The van der Waals surface area contributed by atoms with Gasteiger partial charge in [-0.25, -0.2) is 8.42 Å². The fourth-order valence-electron chi connectivity index (χ4n) is 4.84. The third-order valence-electron chi connectivity index (χ3n) is 7.33. The molecule has 52 heavy (non-hydrogen) atoms. The zero-order chi connectivity index (χ0) is 36.4. The molecule has 5 aromatic rings. The van der Waals surface area contributed by atoms with Crippen LogP contribution in [-0.2, 0) is 20.2 Å². The Hall–Kier alpha value is -3.27. The van der Waals surface area contributed by atoms with Crippen LogP contribution in [0.25, 0.3) is 10.8 Å². The number of carbonyl (C=O) groups is 1. The first-order chi connectivity index (χ1) is 23.6. The number of amides is 1. The van der Waals surface area contributed by atoms with Crippen molar-refractivity contribution >= 4 is 83.2 Å². The van der Waals surface area contributed by atoms with Crippen LogP contribution >= 0.6 is 11.6 Å². The predicted molar refractivity (Wildman–Crippen MR) is 182 cm³/mol. The van der Waals surface area contributed by atoms with Gasteiger partial charge in [0, 0.05) is 30.0 Å². The number of nitrogens with zero attached hydrogens (tertiary/aromatic N) is 6. The van der Waals surface area contributed by atoms with Gasteiger partial charge in [-0.15, -0.1) is 5.11 Å². The maximum Gasteiger partial charge on any atom is 1.00 e. The summed E-state index contributed by atoms with van der Waals surface area (Å²) in [4.78, 5) is 25.6. The van der Waals surface area contributed by atoms with Gasteiger partial charge in [-0.2, -0.15) is 28.5 Å². The molecule has 0 bridgehead atoms. The van der Waals surface area contributed by atoms with E-state index in [0.717, 1.165) is 35.9 Å². The van der Waals surface area contributed by atoms with E-state index in [1.165, 1.54) is 18.2 Å². The number of aryl methyl sites for hydroxylation is 1. The van der Waals surface area contributed by atoms with E-state index in [-0.39, 0.29) is 98.7 Å². The Balaban J connectivity index is 0.00000364. The van der Waals surface area contributed by atoms with Crippen molar-refractivity contribution in [1.29, 1.82) is 0 Å². The molecule has 3 N–H and O–H groups in total. The Morgan fingerprint density at radius 3 is 2.10 bits per heavy atom. The van der Waals surface area contributed by atoms with Crippen LogP contribution in [-0.4, -0.2) is 64.8 Å². The van der Waals surface area contributed by atoms with E-state index in [9.17, 15) is 35.8 Å². The van der Waals surface area contributed by atoms with Gasteiger partial charge in [0.15, 0.2) is 0 Å². The molecule has 0 saturated carbocycles. The molecule has 0 aliphatic rings. The first kappa shape index (κ1) is 43.1. The van der Waals surface area contributed by atoms with Gasteiger partial charge in [-0.05, 0) is 109 Å². The molecule has 0 spiro atoms. The second-order valence-electron chi connectivity index (χ2n) is 10.6. The first-order valence-electron chi connectivity index (χ1n) is 14.7. The van der Waals surface area contributed by atoms with Crippen molar-refractivity contribution in [2.75, 3.05) is 23.7 Å². The van der Waals surface area contributed by atoms with Gasteiger partial charge in [0.1, 0.15) is 15.0 Å². The molecule has 0 aliphatic heterocycles. The van der Waals surface area contributed by atoms with Gasteiger partial charge in [0.2, 0.25) is 17.2 Å². The summed E-state index contributed by atoms with van der Waals surface area (Å²) in [5.41, 5.74) is 1.51.